The van der Waals surface area contributed by atoms with Gasteiger partial charge in [-0.3, -0.25) is 5.10 Å². The van der Waals surface area contributed by atoms with Gasteiger partial charge < -0.3 is 14.6 Å². The molecule has 0 bridgehead atoms. The number of ether oxygens (including phenoxy) is 2. The van der Waals surface area contributed by atoms with Crippen molar-refractivity contribution in [2.45, 2.75) is 6.42 Å². The third kappa shape index (κ3) is 3.32. The predicted octanol–water partition coefficient (Wildman–Crippen LogP) is 5.09. The fourth-order valence-electron chi connectivity index (χ4n) is 3.95. The number of phenols is 1. The number of aromatic hydroxyl groups is 1. The van der Waals surface area contributed by atoms with Gasteiger partial charge in [0, 0.05) is 28.5 Å². The first kappa shape index (κ1) is 18.9. The van der Waals surface area contributed by atoms with E-state index in [-0.39, 0.29) is 5.75 Å². The van der Waals surface area contributed by atoms with Gasteiger partial charge >= 0.3 is 0 Å². The zero-order chi connectivity index (χ0) is 21.4. The number of aromatic nitrogens is 3. The van der Waals surface area contributed by atoms with Crippen molar-refractivity contribution >= 4 is 21.8 Å². The van der Waals surface area contributed by atoms with Crippen LogP contribution >= 0.6 is 0 Å². The van der Waals surface area contributed by atoms with Gasteiger partial charge in [0.2, 0.25) is 0 Å². The summed E-state index contributed by atoms with van der Waals surface area (Å²) in [5, 5.41) is 20.3. The number of methoxy groups -OCH3 is 2. The van der Waals surface area contributed by atoms with Crippen LogP contribution in [0.1, 0.15) is 11.3 Å². The molecule has 0 saturated heterocycles. The Labute approximate surface area is 179 Å². The molecule has 0 saturated carbocycles. The summed E-state index contributed by atoms with van der Waals surface area (Å²) < 4.78 is 11.1. The van der Waals surface area contributed by atoms with Crippen LogP contribution in [-0.2, 0) is 6.42 Å². The molecule has 0 aliphatic heterocycles. The maximum atomic E-state index is 9.71. The number of nitrogens with zero attached hydrogens (tertiary/aromatic N) is 2. The van der Waals surface area contributed by atoms with E-state index < -0.39 is 0 Å². The fraction of sp³-hybridized carbons (Fsp3) is 0.120. The second-order valence-electron chi connectivity index (χ2n) is 7.32. The number of aromatic amines is 1. The first-order valence-corrected chi connectivity index (χ1v) is 9.94. The van der Waals surface area contributed by atoms with Gasteiger partial charge in [-0.05, 0) is 42.0 Å². The van der Waals surface area contributed by atoms with E-state index in [4.69, 9.17) is 14.5 Å². The summed E-state index contributed by atoms with van der Waals surface area (Å²) in [6.45, 7) is 0. The minimum Gasteiger partial charge on any atom is -0.508 e. The van der Waals surface area contributed by atoms with Crippen LogP contribution in [0, 0.1) is 0 Å². The van der Waals surface area contributed by atoms with Crippen molar-refractivity contribution in [2.75, 3.05) is 14.2 Å². The van der Waals surface area contributed by atoms with E-state index >= 15 is 0 Å². The van der Waals surface area contributed by atoms with Gasteiger partial charge in [0.25, 0.3) is 0 Å². The van der Waals surface area contributed by atoms with Crippen molar-refractivity contribution in [1.29, 1.82) is 0 Å². The summed E-state index contributed by atoms with van der Waals surface area (Å²) in [5.41, 5.74) is 4.45. The highest BCUT2D eigenvalue weighted by Crippen LogP contribution is 2.40. The monoisotopic (exact) mass is 411 g/mol. The Bertz CT molecular complexity index is 1380. The highest BCUT2D eigenvalue weighted by Gasteiger charge is 2.19. The van der Waals surface area contributed by atoms with Crippen molar-refractivity contribution in [2.24, 2.45) is 0 Å². The quantitative estimate of drug-likeness (QED) is 0.421. The molecule has 5 rings (SSSR count). The van der Waals surface area contributed by atoms with Crippen LogP contribution in [0.25, 0.3) is 33.1 Å². The van der Waals surface area contributed by atoms with E-state index in [0.717, 1.165) is 33.1 Å². The Morgan fingerprint density at radius 3 is 2.23 bits per heavy atom. The van der Waals surface area contributed by atoms with Crippen molar-refractivity contribution in [3.8, 4) is 28.5 Å². The molecule has 6 nitrogen and oxygen atoms in total. The maximum Gasteiger partial charge on any atom is 0.182 e. The zero-order valence-corrected chi connectivity index (χ0v) is 17.2. The molecule has 0 radical (unpaired) electrons. The van der Waals surface area contributed by atoms with Crippen LogP contribution in [-0.4, -0.2) is 34.5 Å². The molecule has 2 N–H and O–H groups in total. The molecule has 154 valence electrons. The SMILES string of the molecule is COc1cc2c(-c3ccc(O)cc3)nc3n[nH]c(Cc4ccccc4)c3c2cc1OC. The molecule has 0 atom stereocenters. The van der Waals surface area contributed by atoms with E-state index in [0.29, 0.717) is 23.6 Å². The van der Waals surface area contributed by atoms with Crippen LogP contribution in [0.3, 0.4) is 0 Å². The van der Waals surface area contributed by atoms with Crippen LogP contribution in [0.15, 0.2) is 66.7 Å². The molecule has 2 aromatic heterocycles. The predicted molar refractivity (Wildman–Crippen MR) is 121 cm³/mol. The van der Waals surface area contributed by atoms with Crippen molar-refractivity contribution in [3.63, 3.8) is 0 Å². The molecule has 2 heterocycles. The van der Waals surface area contributed by atoms with E-state index in [9.17, 15) is 5.11 Å². The number of hydrogen-bond donors (Lipinski definition) is 2. The molecule has 0 amide bonds. The van der Waals surface area contributed by atoms with Gasteiger partial charge in [-0.25, -0.2) is 4.98 Å². The molecule has 6 heteroatoms. The third-order valence-electron chi connectivity index (χ3n) is 5.45. The Balaban J connectivity index is 1.81. The second kappa shape index (κ2) is 7.65. The number of rotatable bonds is 5. The van der Waals surface area contributed by atoms with Gasteiger partial charge in [-0.15, -0.1) is 0 Å². The zero-order valence-electron chi connectivity index (χ0n) is 17.2. The van der Waals surface area contributed by atoms with Crippen molar-refractivity contribution < 1.29 is 14.6 Å². The van der Waals surface area contributed by atoms with Crippen LogP contribution in [0.4, 0.5) is 0 Å². The summed E-state index contributed by atoms with van der Waals surface area (Å²) in [5.74, 6) is 1.48. The lowest BCUT2D eigenvalue weighted by molar-refractivity contribution is 0.356. The lowest BCUT2D eigenvalue weighted by atomic mass is 9.98. The summed E-state index contributed by atoms with van der Waals surface area (Å²) in [6, 6.07) is 21.2. The van der Waals surface area contributed by atoms with Gasteiger partial charge in [-0.2, -0.15) is 5.10 Å². The largest absolute Gasteiger partial charge is 0.508 e. The number of hydrogen-bond acceptors (Lipinski definition) is 5. The van der Waals surface area contributed by atoms with E-state index in [1.54, 1.807) is 26.4 Å². The molecule has 0 unspecified atom stereocenters. The normalized spacial score (nSPS) is 11.2. The van der Waals surface area contributed by atoms with E-state index in [1.807, 2.05) is 42.5 Å². The van der Waals surface area contributed by atoms with Crippen LogP contribution in [0.2, 0.25) is 0 Å². The third-order valence-corrected chi connectivity index (χ3v) is 5.45. The Kier molecular flexibility index (Phi) is 4.67. The summed E-state index contributed by atoms with van der Waals surface area (Å²) in [4.78, 5) is 4.88. The van der Waals surface area contributed by atoms with Crippen LogP contribution < -0.4 is 9.47 Å². The van der Waals surface area contributed by atoms with Gasteiger partial charge in [-0.1, -0.05) is 30.3 Å². The molecule has 0 spiro atoms. The average Bonchev–Trinajstić information content (AvgIpc) is 3.21. The first-order chi connectivity index (χ1) is 15.2. The fourth-order valence-corrected chi connectivity index (χ4v) is 3.95. The standard InChI is InChI=1S/C25H21N3O3/c1-30-21-13-18-19(14-22(21)31-2)24(16-8-10-17(29)11-9-16)26-25-23(18)20(27-28-25)12-15-6-4-3-5-7-15/h3-11,13-14,29H,12H2,1-2H3,(H,26,27,28). The van der Waals surface area contributed by atoms with E-state index in [2.05, 4.69) is 22.3 Å². The number of phenolic OH excluding ortho intramolecular Hbond substituents is 1. The maximum absolute atomic E-state index is 9.71. The number of fused-ring (bicyclic) bond motifs is 3. The Morgan fingerprint density at radius 2 is 1.55 bits per heavy atom. The topological polar surface area (TPSA) is 80.3 Å². The van der Waals surface area contributed by atoms with Crippen LogP contribution in [0.5, 0.6) is 17.2 Å². The lowest BCUT2D eigenvalue weighted by Crippen LogP contribution is -1.95. The minimum atomic E-state index is 0.207. The molecular formula is C25H21N3O3. The molecule has 0 aliphatic carbocycles. The van der Waals surface area contributed by atoms with E-state index in [1.165, 1.54) is 5.56 Å². The van der Waals surface area contributed by atoms with Crippen molar-refractivity contribution in [3.05, 3.63) is 78.0 Å². The summed E-state index contributed by atoms with van der Waals surface area (Å²) in [7, 11) is 3.25. The molecule has 0 fully saturated rings. The molecule has 3 aromatic carbocycles. The van der Waals surface area contributed by atoms with Gasteiger partial charge in [0.15, 0.2) is 17.1 Å². The number of H-pyrrole nitrogens is 1. The summed E-state index contributed by atoms with van der Waals surface area (Å²) >= 11 is 0. The smallest absolute Gasteiger partial charge is 0.182 e. The first-order valence-electron chi connectivity index (χ1n) is 9.94. The number of pyridine rings is 1. The molecule has 31 heavy (non-hydrogen) atoms. The Hall–Kier alpha value is -4.06. The molecule has 0 aliphatic rings. The molecular weight excluding hydrogens is 390 g/mol. The highest BCUT2D eigenvalue weighted by molar-refractivity contribution is 6.12. The van der Waals surface area contributed by atoms with Gasteiger partial charge in [0.05, 0.1) is 25.3 Å². The second-order valence-corrected chi connectivity index (χ2v) is 7.32. The number of benzene rings is 3. The Morgan fingerprint density at radius 1 is 0.871 bits per heavy atom. The lowest BCUT2D eigenvalue weighted by Gasteiger charge is -2.13. The number of nitrogens with one attached hydrogen (secondary N) is 1. The summed E-state index contributed by atoms with van der Waals surface area (Å²) in [6.07, 6.45) is 0.709. The van der Waals surface area contributed by atoms with Crippen molar-refractivity contribution in [1.82, 2.24) is 15.2 Å². The minimum absolute atomic E-state index is 0.207. The molecule has 5 aromatic rings. The highest BCUT2D eigenvalue weighted by atomic mass is 16.5. The average molecular weight is 411 g/mol. The van der Waals surface area contributed by atoms with Gasteiger partial charge in [0.1, 0.15) is 5.75 Å².